The van der Waals surface area contributed by atoms with Crippen LogP contribution in [-0.4, -0.2) is 9.78 Å². The highest BCUT2D eigenvalue weighted by Gasteiger charge is 2.08. The molecule has 0 aliphatic rings. The molecular weight excluding hydrogens is 186 g/mol. The largest absolute Gasteiger partial charge is 0.399 e. The number of nitrogens with two attached hydrogens (primary N) is 1. The maximum absolute atomic E-state index is 5.78. The van der Waals surface area contributed by atoms with Crippen molar-refractivity contribution in [3.63, 3.8) is 0 Å². The summed E-state index contributed by atoms with van der Waals surface area (Å²) in [4.78, 5) is 0. The van der Waals surface area contributed by atoms with Gasteiger partial charge in [-0.1, -0.05) is 12.1 Å². The van der Waals surface area contributed by atoms with E-state index in [0.717, 1.165) is 23.5 Å². The van der Waals surface area contributed by atoms with Crippen LogP contribution < -0.4 is 5.73 Å². The number of hydrogen-bond donors (Lipinski definition) is 1. The van der Waals surface area contributed by atoms with E-state index >= 15 is 0 Å². The Morgan fingerprint density at radius 2 is 2.20 bits per heavy atom. The first-order valence-corrected chi connectivity index (χ1v) is 5.10. The molecule has 0 aliphatic heterocycles. The second-order valence-electron chi connectivity index (χ2n) is 3.62. The van der Waals surface area contributed by atoms with Crippen molar-refractivity contribution in [2.75, 3.05) is 5.73 Å². The third-order valence-electron chi connectivity index (χ3n) is 2.48. The lowest BCUT2D eigenvalue weighted by atomic mass is 10.1. The van der Waals surface area contributed by atoms with Crippen LogP contribution >= 0.6 is 0 Å². The van der Waals surface area contributed by atoms with Crippen molar-refractivity contribution in [2.45, 2.75) is 20.4 Å². The first-order valence-electron chi connectivity index (χ1n) is 5.10. The van der Waals surface area contributed by atoms with E-state index in [-0.39, 0.29) is 0 Å². The molecule has 3 heteroatoms. The SMILES string of the molecule is CCn1ncc(C)c1-c1cccc(N)c1. The molecule has 2 aromatic rings. The number of nitrogens with zero attached hydrogens (tertiary/aromatic N) is 2. The maximum atomic E-state index is 5.78. The Kier molecular flexibility index (Phi) is 2.46. The smallest absolute Gasteiger partial charge is 0.0712 e. The fraction of sp³-hybridized carbons (Fsp3) is 0.250. The zero-order valence-electron chi connectivity index (χ0n) is 9.07. The number of rotatable bonds is 2. The van der Waals surface area contributed by atoms with Crippen molar-refractivity contribution < 1.29 is 0 Å². The Bertz CT molecular complexity index is 471. The molecule has 0 saturated carbocycles. The number of anilines is 1. The van der Waals surface area contributed by atoms with Gasteiger partial charge in [-0.3, -0.25) is 4.68 Å². The van der Waals surface area contributed by atoms with Gasteiger partial charge in [0.25, 0.3) is 0 Å². The van der Waals surface area contributed by atoms with Gasteiger partial charge >= 0.3 is 0 Å². The number of aryl methyl sites for hydroxylation is 2. The first-order chi connectivity index (χ1) is 7.22. The molecule has 0 aliphatic carbocycles. The van der Waals surface area contributed by atoms with E-state index in [1.807, 2.05) is 29.1 Å². The van der Waals surface area contributed by atoms with E-state index in [2.05, 4.69) is 25.0 Å². The van der Waals surface area contributed by atoms with Crippen LogP contribution in [-0.2, 0) is 6.54 Å². The molecule has 0 unspecified atom stereocenters. The summed E-state index contributed by atoms with van der Waals surface area (Å²) in [5, 5.41) is 4.32. The summed E-state index contributed by atoms with van der Waals surface area (Å²) < 4.78 is 1.99. The van der Waals surface area contributed by atoms with Gasteiger partial charge in [0, 0.05) is 17.8 Å². The highest BCUT2D eigenvalue weighted by molar-refractivity contribution is 5.66. The van der Waals surface area contributed by atoms with Gasteiger partial charge in [-0.25, -0.2) is 0 Å². The molecule has 1 aromatic carbocycles. The summed E-state index contributed by atoms with van der Waals surface area (Å²) in [7, 11) is 0. The second-order valence-corrected chi connectivity index (χ2v) is 3.62. The highest BCUT2D eigenvalue weighted by Crippen LogP contribution is 2.24. The van der Waals surface area contributed by atoms with Gasteiger partial charge in [-0.15, -0.1) is 0 Å². The molecule has 2 rings (SSSR count). The third kappa shape index (κ3) is 1.73. The van der Waals surface area contributed by atoms with Gasteiger partial charge < -0.3 is 5.73 Å². The van der Waals surface area contributed by atoms with E-state index in [1.165, 1.54) is 5.56 Å². The molecule has 1 heterocycles. The van der Waals surface area contributed by atoms with Crippen molar-refractivity contribution in [3.8, 4) is 11.3 Å². The van der Waals surface area contributed by atoms with Crippen LogP contribution in [0.4, 0.5) is 5.69 Å². The lowest BCUT2D eigenvalue weighted by molar-refractivity contribution is 0.667. The van der Waals surface area contributed by atoms with Crippen LogP contribution in [0.5, 0.6) is 0 Å². The van der Waals surface area contributed by atoms with E-state index in [4.69, 9.17) is 5.73 Å². The zero-order chi connectivity index (χ0) is 10.8. The first kappa shape index (κ1) is 9.77. The molecule has 0 saturated heterocycles. The van der Waals surface area contributed by atoms with Crippen molar-refractivity contribution in [1.29, 1.82) is 0 Å². The lowest BCUT2D eigenvalue weighted by Crippen LogP contribution is -1.99. The van der Waals surface area contributed by atoms with Gasteiger partial charge in [0.15, 0.2) is 0 Å². The monoisotopic (exact) mass is 201 g/mol. The van der Waals surface area contributed by atoms with Crippen LogP contribution in [0, 0.1) is 6.92 Å². The number of hydrogen-bond acceptors (Lipinski definition) is 2. The quantitative estimate of drug-likeness (QED) is 0.758. The maximum Gasteiger partial charge on any atom is 0.0712 e. The van der Waals surface area contributed by atoms with Gasteiger partial charge in [-0.2, -0.15) is 5.10 Å². The van der Waals surface area contributed by atoms with Crippen LogP contribution in [0.2, 0.25) is 0 Å². The molecule has 2 N–H and O–H groups in total. The Labute approximate surface area is 89.5 Å². The van der Waals surface area contributed by atoms with Crippen molar-refractivity contribution in [2.24, 2.45) is 0 Å². The minimum atomic E-state index is 0.788. The standard InChI is InChI=1S/C12H15N3/c1-3-15-12(9(2)8-14-15)10-5-4-6-11(13)7-10/h4-8H,3,13H2,1-2H3. The number of aromatic nitrogens is 2. The zero-order valence-corrected chi connectivity index (χ0v) is 9.07. The average Bonchev–Trinajstić information content (AvgIpc) is 2.59. The molecule has 3 nitrogen and oxygen atoms in total. The second kappa shape index (κ2) is 3.77. The van der Waals surface area contributed by atoms with Crippen molar-refractivity contribution in [3.05, 3.63) is 36.0 Å². The van der Waals surface area contributed by atoms with E-state index in [1.54, 1.807) is 0 Å². The Hall–Kier alpha value is -1.77. The molecule has 0 amide bonds. The summed E-state index contributed by atoms with van der Waals surface area (Å²) in [6, 6.07) is 7.91. The van der Waals surface area contributed by atoms with Crippen molar-refractivity contribution in [1.82, 2.24) is 9.78 Å². The predicted molar refractivity (Wildman–Crippen MR) is 62.5 cm³/mol. The van der Waals surface area contributed by atoms with E-state index < -0.39 is 0 Å². The molecular formula is C12H15N3. The van der Waals surface area contributed by atoms with Crippen LogP contribution in [0.1, 0.15) is 12.5 Å². The Morgan fingerprint density at radius 3 is 2.87 bits per heavy atom. The summed E-state index contributed by atoms with van der Waals surface area (Å²) in [6.07, 6.45) is 1.89. The van der Waals surface area contributed by atoms with Gasteiger partial charge in [0.1, 0.15) is 0 Å². The molecule has 0 atom stereocenters. The Balaban J connectivity index is 2.57. The molecule has 1 aromatic heterocycles. The average molecular weight is 201 g/mol. The summed E-state index contributed by atoms with van der Waals surface area (Å²) in [5.74, 6) is 0. The lowest BCUT2D eigenvalue weighted by Gasteiger charge is -2.06. The third-order valence-corrected chi connectivity index (χ3v) is 2.48. The topological polar surface area (TPSA) is 43.8 Å². The molecule has 0 bridgehead atoms. The summed E-state index contributed by atoms with van der Waals surface area (Å²) >= 11 is 0. The van der Waals surface area contributed by atoms with E-state index in [9.17, 15) is 0 Å². The van der Waals surface area contributed by atoms with Crippen molar-refractivity contribution >= 4 is 5.69 Å². The van der Waals surface area contributed by atoms with Gasteiger partial charge in [0.2, 0.25) is 0 Å². The minimum absolute atomic E-state index is 0.788. The fourth-order valence-corrected chi connectivity index (χ4v) is 1.78. The Morgan fingerprint density at radius 1 is 1.40 bits per heavy atom. The highest BCUT2D eigenvalue weighted by atomic mass is 15.3. The van der Waals surface area contributed by atoms with Gasteiger partial charge in [-0.05, 0) is 31.5 Å². The molecule has 0 fully saturated rings. The van der Waals surface area contributed by atoms with Gasteiger partial charge in [0.05, 0.1) is 11.9 Å². The normalized spacial score (nSPS) is 10.5. The molecule has 15 heavy (non-hydrogen) atoms. The number of nitrogen functional groups attached to an aromatic ring is 1. The summed E-state index contributed by atoms with van der Waals surface area (Å²) in [5.41, 5.74) is 10.0. The molecule has 78 valence electrons. The number of benzene rings is 1. The minimum Gasteiger partial charge on any atom is -0.399 e. The van der Waals surface area contributed by atoms with Crippen LogP contribution in [0.25, 0.3) is 11.3 Å². The summed E-state index contributed by atoms with van der Waals surface area (Å²) in [6.45, 7) is 5.03. The van der Waals surface area contributed by atoms with E-state index in [0.29, 0.717) is 0 Å². The van der Waals surface area contributed by atoms with Crippen LogP contribution in [0.3, 0.4) is 0 Å². The predicted octanol–water partition coefficient (Wildman–Crippen LogP) is 2.46. The fourth-order valence-electron chi connectivity index (χ4n) is 1.78. The van der Waals surface area contributed by atoms with Crippen LogP contribution in [0.15, 0.2) is 30.5 Å². The molecule has 0 radical (unpaired) electrons. The molecule has 0 spiro atoms.